The quantitative estimate of drug-likeness (QED) is 0.486. The van der Waals surface area contributed by atoms with Gasteiger partial charge in [-0.25, -0.2) is 0 Å². The predicted octanol–water partition coefficient (Wildman–Crippen LogP) is 4.20. The Balaban J connectivity index is 2.18. The number of fused-ring (bicyclic) bond motifs is 2. The second kappa shape index (κ2) is 3.33. The molecule has 0 amide bonds. The molecule has 0 atom stereocenters. The van der Waals surface area contributed by atoms with Crippen molar-refractivity contribution in [3.05, 3.63) is 0 Å². The van der Waals surface area contributed by atoms with Crippen molar-refractivity contribution in [3.8, 4) is 0 Å². The first-order valence-electron chi connectivity index (χ1n) is 5.99. The minimum absolute atomic E-state index is 0.585. The van der Waals surface area contributed by atoms with E-state index < -0.39 is 0 Å². The van der Waals surface area contributed by atoms with Gasteiger partial charge in [0.1, 0.15) is 7.28 Å². The minimum atomic E-state index is 0.585. The summed E-state index contributed by atoms with van der Waals surface area (Å²) >= 11 is 0. The fourth-order valence-electron chi connectivity index (χ4n) is 3.50. The molecule has 0 aromatic rings. The molecule has 1 radical (unpaired) electrons. The van der Waals surface area contributed by atoms with E-state index in [4.69, 9.17) is 0 Å². The molecule has 0 aromatic heterocycles. The van der Waals surface area contributed by atoms with Crippen molar-refractivity contribution in [2.24, 2.45) is 0 Å². The molecule has 0 unspecified atom stereocenters. The maximum Gasteiger partial charge on any atom is 0.125 e. The summed E-state index contributed by atoms with van der Waals surface area (Å²) < 4.78 is 0. The van der Waals surface area contributed by atoms with E-state index in [0.717, 1.165) is 0 Å². The number of hydrogen-bond donors (Lipinski definition) is 0. The number of hydrogen-bond acceptors (Lipinski definition) is 0. The summed E-state index contributed by atoms with van der Waals surface area (Å²) in [7, 11) is 2.72. The van der Waals surface area contributed by atoms with Gasteiger partial charge in [0.15, 0.2) is 0 Å². The SMILES string of the molecule is CC12[B]C(C)(CCCC1)CCCC2. The molecule has 2 aliphatic rings. The molecule has 0 aliphatic carbocycles. The maximum absolute atomic E-state index is 2.72. The average Bonchev–Trinajstić information content (AvgIpc) is 2.29. The number of rotatable bonds is 0. The molecule has 2 bridgehead atoms. The Bertz CT molecular complexity index is 154. The molecule has 0 spiro atoms. The zero-order chi connectivity index (χ0) is 9.36. The molecule has 73 valence electrons. The predicted molar refractivity (Wildman–Crippen MR) is 59.4 cm³/mol. The third-order valence-corrected chi connectivity index (χ3v) is 4.19. The monoisotopic (exact) mass is 177 g/mol. The van der Waals surface area contributed by atoms with Crippen LogP contribution in [-0.2, 0) is 0 Å². The molecule has 13 heavy (non-hydrogen) atoms. The first-order chi connectivity index (χ1) is 6.12. The molecule has 0 N–H and O–H groups in total. The van der Waals surface area contributed by atoms with Crippen LogP contribution in [0.5, 0.6) is 0 Å². The zero-order valence-corrected chi connectivity index (χ0v) is 9.23. The van der Waals surface area contributed by atoms with Crippen LogP contribution >= 0.6 is 0 Å². The summed E-state index contributed by atoms with van der Waals surface area (Å²) in [6.07, 6.45) is 11.6. The lowest BCUT2D eigenvalue weighted by Gasteiger charge is -2.33. The smallest absolute Gasteiger partial charge is 0.0669 e. The standard InChI is InChI=1S/C12H22B/c1-11-7-3-5-9-12(2,13-11)10-6-4-8-11/h3-10H2,1-2H3. The van der Waals surface area contributed by atoms with Crippen molar-refractivity contribution in [2.45, 2.75) is 75.8 Å². The average molecular weight is 177 g/mol. The summed E-state index contributed by atoms with van der Waals surface area (Å²) in [6.45, 7) is 4.98. The Hall–Kier alpha value is 0.0649. The minimum Gasteiger partial charge on any atom is -0.0669 e. The molecule has 2 aliphatic heterocycles. The van der Waals surface area contributed by atoms with Crippen molar-refractivity contribution in [3.63, 3.8) is 0 Å². The van der Waals surface area contributed by atoms with Crippen LogP contribution < -0.4 is 0 Å². The third kappa shape index (κ3) is 2.11. The van der Waals surface area contributed by atoms with Crippen LogP contribution in [0.1, 0.15) is 65.2 Å². The van der Waals surface area contributed by atoms with Gasteiger partial charge < -0.3 is 0 Å². The summed E-state index contributed by atoms with van der Waals surface area (Å²) in [5.41, 5.74) is 0. The normalized spacial score (nSPS) is 46.0. The van der Waals surface area contributed by atoms with E-state index in [-0.39, 0.29) is 0 Å². The first kappa shape index (κ1) is 9.61. The van der Waals surface area contributed by atoms with Gasteiger partial charge in [-0.3, -0.25) is 0 Å². The van der Waals surface area contributed by atoms with Gasteiger partial charge in [-0.1, -0.05) is 75.8 Å². The Kier molecular flexibility index (Phi) is 2.46. The fourth-order valence-corrected chi connectivity index (χ4v) is 3.50. The van der Waals surface area contributed by atoms with Crippen molar-refractivity contribution in [2.75, 3.05) is 0 Å². The van der Waals surface area contributed by atoms with E-state index in [0.29, 0.717) is 10.6 Å². The van der Waals surface area contributed by atoms with Gasteiger partial charge >= 0.3 is 0 Å². The van der Waals surface area contributed by atoms with E-state index in [2.05, 4.69) is 21.1 Å². The van der Waals surface area contributed by atoms with Gasteiger partial charge in [0, 0.05) is 0 Å². The molecular weight excluding hydrogens is 155 g/mol. The Morgan fingerprint density at radius 1 is 0.692 bits per heavy atom. The Labute approximate surface area is 83.7 Å². The van der Waals surface area contributed by atoms with E-state index in [1.165, 1.54) is 51.4 Å². The molecule has 2 saturated heterocycles. The highest BCUT2D eigenvalue weighted by molar-refractivity contribution is 6.44. The van der Waals surface area contributed by atoms with E-state index >= 15 is 0 Å². The highest BCUT2D eigenvalue weighted by atomic mass is 14.3. The Morgan fingerprint density at radius 3 is 1.31 bits per heavy atom. The van der Waals surface area contributed by atoms with Crippen LogP contribution in [0, 0.1) is 0 Å². The lowest BCUT2D eigenvalue weighted by molar-refractivity contribution is 0.438. The van der Waals surface area contributed by atoms with Crippen LogP contribution in [0.15, 0.2) is 0 Å². The van der Waals surface area contributed by atoms with Gasteiger partial charge in [-0.15, -0.1) is 0 Å². The van der Waals surface area contributed by atoms with Crippen molar-refractivity contribution < 1.29 is 0 Å². The van der Waals surface area contributed by atoms with Crippen LogP contribution in [0.4, 0.5) is 0 Å². The third-order valence-electron chi connectivity index (χ3n) is 4.19. The van der Waals surface area contributed by atoms with Crippen LogP contribution in [-0.4, -0.2) is 7.28 Å². The lowest BCUT2D eigenvalue weighted by atomic mass is 9.38. The molecule has 2 rings (SSSR count). The van der Waals surface area contributed by atoms with Gasteiger partial charge in [0.05, 0.1) is 0 Å². The fraction of sp³-hybridized carbons (Fsp3) is 1.00. The summed E-state index contributed by atoms with van der Waals surface area (Å²) in [4.78, 5) is 0. The molecular formula is C12H22B. The second-order valence-electron chi connectivity index (χ2n) is 5.87. The molecule has 2 fully saturated rings. The van der Waals surface area contributed by atoms with Crippen LogP contribution in [0.25, 0.3) is 0 Å². The summed E-state index contributed by atoms with van der Waals surface area (Å²) in [5.74, 6) is 0. The van der Waals surface area contributed by atoms with E-state index in [1.807, 2.05) is 0 Å². The summed E-state index contributed by atoms with van der Waals surface area (Å²) in [6, 6.07) is 0. The molecule has 1 heteroatoms. The van der Waals surface area contributed by atoms with Gasteiger partial charge in [-0.2, -0.15) is 0 Å². The van der Waals surface area contributed by atoms with E-state index in [1.54, 1.807) is 0 Å². The topological polar surface area (TPSA) is 0 Å². The van der Waals surface area contributed by atoms with Crippen LogP contribution in [0.3, 0.4) is 0 Å². The summed E-state index contributed by atoms with van der Waals surface area (Å²) in [5, 5.41) is 1.17. The largest absolute Gasteiger partial charge is 0.125 e. The highest BCUT2D eigenvalue weighted by Crippen LogP contribution is 2.54. The molecule has 0 saturated carbocycles. The first-order valence-corrected chi connectivity index (χ1v) is 5.99. The highest BCUT2D eigenvalue weighted by Gasteiger charge is 2.39. The zero-order valence-electron chi connectivity index (χ0n) is 9.23. The molecule has 2 heterocycles. The van der Waals surface area contributed by atoms with Gasteiger partial charge in [0.2, 0.25) is 0 Å². The maximum atomic E-state index is 2.72. The molecule has 0 nitrogen and oxygen atoms in total. The lowest BCUT2D eigenvalue weighted by Crippen LogP contribution is -2.24. The van der Waals surface area contributed by atoms with Crippen LogP contribution in [0.2, 0.25) is 10.6 Å². The van der Waals surface area contributed by atoms with Gasteiger partial charge in [-0.05, 0) is 0 Å². The van der Waals surface area contributed by atoms with E-state index in [9.17, 15) is 0 Å². The van der Waals surface area contributed by atoms with Gasteiger partial charge in [0.25, 0.3) is 0 Å². The van der Waals surface area contributed by atoms with Crippen molar-refractivity contribution >= 4 is 7.28 Å². The second-order valence-corrected chi connectivity index (χ2v) is 5.87. The Morgan fingerprint density at radius 2 is 1.00 bits per heavy atom. The van der Waals surface area contributed by atoms with Crippen molar-refractivity contribution in [1.82, 2.24) is 0 Å². The molecule has 0 aromatic carbocycles. The van der Waals surface area contributed by atoms with Crippen molar-refractivity contribution in [1.29, 1.82) is 0 Å².